The Morgan fingerprint density at radius 1 is 0.435 bits per heavy atom. The van der Waals surface area contributed by atoms with Gasteiger partial charge in [0.25, 0.3) is 0 Å². The summed E-state index contributed by atoms with van der Waals surface area (Å²) < 4.78 is 10.7. The second-order valence-corrected chi connectivity index (χ2v) is 11.6. The predicted molar refractivity (Wildman–Crippen MR) is 86.5 cm³/mol. The van der Waals surface area contributed by atoms with Crippen LogP contribution in [-0.4, -0.2) is 12.1 Å². The van der Waals surface area contributed by atoms with E-state index in [2.05, 4.69) is 0 Å². The zero-order valence-electron chi connectivity index (χ0n) is 14.1. The molecule has 0 saturated heterocycles. The van der Waals surface area contributed by atoms with E-state index in [0.717, 1.165) is 59.4 Å². The summed E-state index contributed by atoms with van der Waals surface area (Å²) in [7, 11) is 0. The Bertz CT molecular complexity index is 462. The van der Waals surface area contributed by atoms with Gasteiger partial charge in [-0.2, -0.15) is 0 Å². The van der Waals surface area contributed by atoms with Gasteiger partial charge in [-0.1, -0.05) is 0 Å². The van der Waals surface area contributed by atoms with Crippen LogP contribution in [0, 0.1) is 47.3 Å². The molecule has 0 aromatic heterocycles. The summed E-state index contributed by atoms with van der Waals surface area (Å²) in [4.78, 5) is 0. The van der Waals surface area contributed by atoms with E-state index in [1.807, 2.05) is 0 Å². The van der Waals surface area contributed by atoms with Gasteiger partial charge >= 0.3 is 149 Å². The number of nitrogens with zero attached hydrogens (tertiary/aromatic N) is 2. The standard InChI is InChI=1S/2C10H15N.Mo/c2*11-10-8-2-6-1-7(4-8)5-9(10)3-6;/h2*6-10H,1-5H2;. The normalized spacial score (nSPS) is 58.4. The minimum atomic E-state index is -0.424. The van der Waals surface area contributed by atoms with Crippen LogP contribution in [0.15, 0.2) is 6.99 Å². The summed E-state index contributed by atoms with van der Waals surface area (Å²) in [5.41, 5.74) is 0. The van der Waals surface area contributed by atoms with Crippen molar-refractivity contribution < 1.29 is 18.2 Å². The van der Waals surface area contributed by atoms with E-state index >= 15 is 0 Å². The molecular weight excluding hydrogens is 364 g/mol. The van der Waals surface area contributed by atoms with Gasteiger partial charge < -0.3 is 0 Å². The fraction of sp³-hybridized carbons (Fsp3) is 1.00. The number of hydrogen-bond donors (Lipinski definition) is 0. The number of rotatable bonds is 2. The van der Waals surface area contributed by atoms with E-state index < -0.39 is 18.2 Å². The van der Waals surface area contributed by atoms with Gasteiger partial charge in [0.15, 0.2) is 0 Å². The molecule has 0 radical (unpaired) electrons. The van der Waals surface area contributed by atoms with Crippen molar-refractivity contribution in [3.05, 3.63) is 0 Å². The first kappa shape index (κ1) is 14.5. The van der Waals surface area contributed by atoms with Crippen LogP contribution >= 0.6 is 0 Å². The maximum atomic E-state index is 5.34. The van der Waals surface area contributed by atoms with E-state index in [-0.39, 0.29) is 0 Å². The van der Waals surface area contributed by atoms with Crippen LogP contribution in [0.3, 0.4) is 0 Å². The summed E-state index contributed by atoms with van der Waals surface area (Å²) >= 11 is -0.424. The summed E-state index contributed by atoms with van der Waals surface area (Å²) in [6.45, 7) is 0. The van der Waals surface area contributed by atoms with Crippen molar-refractivity contribution in [1.29, 1.82) is 0 Å². The zero-order valence-corrected chi connectivity index (χ0v) is 16.2. The molecule has 0 heterocycles. The molecule has 0 aromatic carbocycles. The zero-order chi connectivity index (χ0) is 15.0. The van der Waals surface area contributed by atoms with E-state index in [4.69, 9.17) is 6.99 Å². The molecule has 8 saturated carbocycles. The molecule has 0 aliphatic heterocycles. The first-order chi connectivity index (χ1) is 11.3. The molecule has 8 rings (SSSR count). The summed E-state index contributed by atoms with van der Waals surface area (Å²) in [5, 5.41) is 0. The fourth-order valence-corrected chi connectivity index (χ4v) is 10.6. The summed E-state index contributed by atoms with van der Waals surface area (Å²) in [6.07, 6.45) is 15.3. The molecule has 23 heavy (non-hydrogen) atoms. The van der Waals surface area contributed by atoms with E-state index in [1.165, 1.54) is 51.4 Å². The van der Waals surface area contributed by atoms with Gasteiger partial charge in [0, 0.05) is 0 Å². The van der Waals surface area contributed by atoms with Gasteiger partial charge in [-0.05, 0) is 0 Å². The monoisotopic (exact) mass is 396 g/mol. The molecule has 0 unspecified atom stereocenters. The van der Waals surface area contributed by atoms with Crippen molar-refractivity contribution in [2.75, 3.05) is 0 Å². The predicted octanol–water partition coefficient (Wildman–Crippen LogP) is 5.09. The average Bonchev–Trinajstić information content (AvgIpc) is 2.51. The Morgan fingerprint density at radius 3 is 1.04 bits per heavy atom. The van der Waals surface area contributed by atoms with Crippen LogP contribution in [0.5, 0.6) is 0 Å². The molecule has 126 valence electrons. The molecule has 0 amide bonds. The van der Waals surface area contributed by atoms with Crippen LogP contribution in [0.2, 0.25) is 0 Å². The van der Waals surface area contributed by atoms with Crippen LogP contribution in [0.4, 0.5) is 0 Å². The molecular formula is C20H30MoN2. The van der Waals surface area contributed by atoms with E-state index in [9.17, 15) is 0 Å². The number of hydrogen-bond acceptors (Lipinski definition) is 2. The summed E-state index contributed by atoms with van der Waals surface area (Å²) in [5.74, 6) is 8.26. The Kier molecular flexibility index (Phi) is 3.39. The van der Waals surface area contributed by atoms with Gasteiger partial charge in [0.05, 0.1) is 0 Å². The Labute approximate surface area is 148 Å². The quantitative estimate of drug-likeness (QED) is 0.583. The van der Waals surface area contributed by atoms with Gasteiger partial charge in [-0.3, -0.25) is 0 Å². The van der Waals surface area contributed by atoms with E-state index in [0.29, 0.717) is 0 Å². The Morgan fingerprint density at radius 2 is 0.739 bits per heavy atom. The van der Waals surface area contributed by atoms with Gasteiger partial charge in [0.2, 0.25) is 0 Å². The molecule has 0 atom stereocenters. The van der Waals surface area contributed by atoms with Crippen LogP contribution in [-0.2, 0) is 18.2 Å². The van der Waals surface area contributed by atoms with Crippen LogP contribution < -0.4 is 0 Å². The average molecular weight is 394 g/mol. The van der Waals surface area contributed by atoms with Crippen molar-refractivity contribution in [2.24, 2.45) is 54.3 Å². The third-order valence-electron chi connectivity index (χ3n) is 8.69. The minimum absolute atomic E-state index is 0.424. The second-order valence-electron chi connectivity index (χ2n) is 10.1. The van der Waals surface area contributed by atoms with Crippen molar-refractivity contribution in [1.82, 2.24) is 0 Å². The summed E-state index contributed by atoms with van der Waals surface area (Å²) in [6, 6.07) is 1.51. The van der Waals surface area contributed by atoms with Gasteiger partial charge in [-0.15, -0.1) is 0 Å². The molecule has 8 bridgehead atoms. The van der Waals surface area contributed by atoms with Gasteiger partial charge in [0.1, 0.15) is 0 Å². The Balaban J connectivity index is 1.20. The molecule has 3 heteroatoms. The first-order valence-electron chi connectivity index (χ1n) is 10.4. The third kappa shape index (κ3) is 2.36. The first-order valence-corrected chi connectivity index (χ1v) is 12.2. The second kappa shape index (κ2) is 5.39. The van der Waals surface area contributed by atoms with Gasteiger partial charge in [-0.25, -0.2) is 0 Å². The van der Waals surface area contributed by atoms with Crippen molar-refractivity contribution in [3.63, 3.8) is 0 Å². The maximum absolute atomic E-state index is 5.34. The molecule has 0 spiro atoms. The van der Waals surface area contributed by atoms with Crippen molar-refractivity contribution >= 4 is 0 Å². The SMILES string of the molecule is C1C2CC3CC1CC(C2)C3[N]=[Mo]=[N]C1C2CC3CC(C2)CC1C3. The molecule has 8 fully saturated rings. The van der Waals surface area contributed by atoms with Crippen LogP contribution in [0.25, 0.3) is 0 Å². The third-order valence-corrected chi connectivity index (χ3v) is 10.4. The topological polar surface area (TPSA) is 24.7 Å². The van der Waals surface area contributed by atoms with Crippen LogP contribution in [0.1, 0.15) is 64.2 Å². The molecule has 0 N–H and O–H groups in total. The molecule has 2 nitrogen and oxygen atoms in total. The van der Waals surface area contributed by atoms with E-state index in [1.54, 1.807) is 12.8 Å². The fourth-order valence-electron chi connectivity index (χ4n) is 8.27. The molecule has 0 aromatic rings. The molecule has 8 aliphatic rings. The molecule has 8 aliphatic carbocycles. The van der Waals surface area contributed by atoms with Crippen molar-refractivity contribution in [2.45, 2.75) is 76.3 Å². The van der Waals surface area contributed by atoms with Crippen molar-refractivity contribution in [3.8, 4) is 0 Å². The Hall–Kier alpha value is 0.288.